The summed E-state index contributed by atoms with van der Waals surface area (Å²) in [5.74, 6) is 0.832. The van der Waals surface area contributed by atoms with Gasteiger partial charge in [-0.1, -0.05) is 43.1 Å². The third kappa shape index (κ3) is 7.55. The summed E-state index contributed by atoms with van der Waals surface area (Å²) >= 11 is 12.1. The lowest BCUT2D eigenvalue weighted by molar-refractivity contribution is 0.302. The summed E-state index contributed by atoms with van der Waals surface area (Å²) < 4.78 is 0. The fourth-order valence-corrected chi connectivity index (χ4v) is 2.85. The van der Waals surface area contributed by atoms with E-state index in [-0.39, 0.29) is 12.4 Å². The molecule has 0 aromatic heterocycles. The van der Waals surface area contributed by atoms with Crippen LogP contribution in [0.25, 0.3) is 0 Å². The second-order valence-electron chi connectivity index (χ2n) is 5.75. The van der Waals surface area contributed by atoms with E-state index in [1.807, 2.05) is 48.5 Å². The van der Waals surface area contributed by atoms with Crippen molar-refractivity contribution < 1.29 is 0 Å². The number of anilines is 1. The van der Waals surface area contributed by atoms with Gasteiger partial charge in [-0.2, -0.15) is 0 Å². The van der Waals surface area contributed by atoms with Crippen molar-refractivity contribution in [2.45, 2.75) is 20.3 Å². The third-order valence-corrected chi connectivity index (χ3v) is 4.49. The van der Waals surface area contributed by atoms with Crippen molar-refractivity contribution in [1.82, 2.24) is 4.90 Å². The molecular weight excluding hydrogens is 389 g/mol. The van der Waals surface area contributed by atoms with Crippen LogP contribution in [0.2, 0.25) is 10.0 Å². The smallest absolute Gasteiger partial charge is 0.132 e. The maximum atomic E-state index is 6.09. The van der Waals surface area contributed by atoms with E-state index in [1.165, 1.54) is 0 Å². The van der Waals surface area contributed by atoms with Crippen LogP contribution in [0.15, 0.2) is 53.5 Å². The Hall–Kier alpha value is -1.26. The van der Waals surface area contributed by atoms with Crippen LogP contribution < -0.4 is 5.32 Å². The van der Waals surface area contributed by atoms with Gasteiger partial charge in [0.25, 0.3) is 0 Å². The van der Waals surface area contributed by atoms with Crippen molar-refractivity contribution in [1.29, 1.82) is 0 Å². The molecule has 0 aliphatic heterocycles. The lowest BCUT2D eigenvalue weighted by Gasteiger charge is -2.17. The summed E-state index contributed by atoms with van der Waals surface area (Å²) in [6.07, 6.45) is 1.02. The number of hydrogen-bond acceptors (Lipinski definition) is 2. The minimum atomic E-state index is 0. The monoisotopic (exact) mass is 413 g/mol. The maximum absolute atomic E-state index is 6.09. The Labute approximate surface area is 172 Å². The molecule has 0 fully saturated rings. The first-order valence-electron chi connectivity index (χ1n) is 8.67. The van der Waals surface area contributed by atoms with Gasteiger partial charge in [-0.15, -0.1) is 12.4 Å². The van der Waals surface area contributed by atoms with Gasteiger partial charge in [0, 0.05) is 27.8 Å². The number of rotatable bonds is 8. The predicted molar refractivity (Wildman–Crippen MR) is 118 cm³/mol. The van der Waals surface area contributed by atoms with E-state index in [4.69, 9.17) is 28.2 Å². The van der Waals surface area contributed by atoms with Crippen LogP contribution in [0.5, 0.6) is 0 Å². The number of nitrogens with zero attached hydrogens (tertiary/aromatic N) is 2. The highest BCUT2D eigenvalue weighted by atomic mass is 35.5. The molecule has 26 heavy (non-hydrogen) atoms. The Morgan fingerprint density at radius 2 is 1.69 bits per heavy atom. The van der Waals surface area contributed by atoms with Crippen molar-refractivity contribution in [3.63, 3.8) is 0 Å². The van der Waals surface area contributed by atoms with E-state index < -0.39 is 0 Å². The van der Waals surface area contributed by atoms with E-state index in [2.05, 4.69) is 24.1 Å². The topological polar surface area (TPSA) is 27.6 Å². The number of aliphatic imine (C=N–C) groups is 1. The van der Waals surface area contributed by atoms with Gasteiger partial charge in [-0.25, -0.2) is 0 Å². The summed E-state index contributed by atoms with van der Waals surface area (Å²) in [5, 5.41) is 4.79. The molecule has 142 valence electrons. The Balaban J connectivity index is 0.00000338. The summed E-state index contributed by atoms with van der Waals surface area (Å²) in [7, 11) is 0. The van der Waals surface area contributed by atoms with Crippen LogP contribution in [0.4, 0.5) is 5.69 Å². The Bertz CT molecular complexity index is 683. The Kier molecular flexibility index (Phi) is 10.7. The van der Waals surface area contributed by atoms with E-state index in [1.54, 1.807) is 0 Å². The first kappa shape index (κ1) is 22.8. The van der Waals surface area contributed by atoms with E-state index in [0.717, 1.165) is 49.7 Å². The fourth-order valence-electron chi connectivity index (χ4n) is 2.54. The lowest BCUT2D eigenvalue weighted by atomic mass is 10.2. The average molecular weight is 415 g/mol. The van der Waals surface area contributed by atoms with Crippen LogP contribution in [0, 0.1) is 0 Å². The van der Waals surface area contributed by atoms with Gasteiger partial charge in [0.2, 0.25) is 0 Å². The lowest BCUT2D eigenvalue weighted by Crippen LogP contribution is -2.24. The van der Waals surface area contributed by atoms with Crippen LogP contribution in [0.3, 0.4) is 0 Å². The van der Waals surface area contributed by atoms with Crippen LogP contribution in [-0.4, -0.2) is 36.9 Å². The van der Waals surface area contributed by atoms with Gasteiger partial charge >= 0.3 is 0 Å². The molecule has 2 aromatic rings. The summed E-state index contributed by atoms with van der Waals surface area (Å²) in [6.45, 7) is 8.35. The van der Waals surface area contributed by atoms with Crippen molar-refractivity contribution in [2.24, 2.45) is 4.99 Å². The molecule has 6 heteroatoms. The molecule has 0 atom stereocenters. The normalized spacial score (nSPS) is 11.3. The van der Waals surface area contributed by atoms with E-state index >= 15 is 0 Å². The zero-order valence-electron chi connectivity index (χ0n) is 15.2. The van der Waals surface area contributed by atoms with Crippen molar-refractivity contribution in [2.75, 3.05) is 31.5 Å². The SMILES string of the molecule is CCN(CC)CCCN=C(Nc1cccc(Cl)c1)c1ccc(Cl)cc1.Cl. The van der Waals surface area contributed by atoms with Crippen molar-refractivity contribution in [3.05, 3.63) is 64.1 Å². The van der Waals surface area contributed by atoms with Gasteiger partial charge in [-0.05, 0) is 68.5 Å². The molecule has 0 saturated carbocycles. The number of amidine groups is 1. The molecule has 0 saturated heterocycles. The minimum Gasteiger partial charge on any atom is -0.340 e. The summed E-state index contributed by atoms with van der Waals surface area (Å²) in [5.41, 5.74) is 1.93. The average Bonchev–Trinajstić information content (AvgIpc) is 2.61. The number of hydrogen-bond donors (Lipinski definition) is 1. The molecule has 0 aliphatic carbocycles. The molecule has 0 spiro atoms. The Morgan fingerprint density at radius 3 is 2.31 bits per heavy atom. The first-order chi connectivity index (χ1) is 12.1. The van der Waals surface area contributed by atoms with Gasteiger partial charge in [0.05, 0.1) is 0 Å². The molecular formula is C20H26Cl3N3. The van der Waals surface area contributed by atoms with Gasteiger partial charge in [-0.3, -0.25) is 4.99 Å². The van der Waals surface area contributed by atoms with Gasteiger partial charge in [0.15, 0.2) is 0 Å². The predicted octanol–water partition coefficient (Wildman–Crippen LogP) is 6.01. The highest BCUT2D eigenvalue weighted by Gasteiger charge is 2.05. The standard InChI is InChI=1S/C20H25Cl2N3.ClH/c1-3-25(4-2)14-6-13-23-20(16-9-11-17(21)12-10-16)24-19-8-5-7-18(22)15-19;/h5,7-12,15H,3-4,6,13-14H2,1-2H3,(H,23,24);1H. The van der Waals surface area contributed by atoms with E-state index in [0.29, 0.717) is 10.0 Å². The first-order valence-corrected chi connectivity index (χ1v) is 9.43. The van der Waals surface area contributed by atoms with Crippen LogP contribution >= 0.6 is 35.6 Å². The minimum absolute atomic E-state index is 0. The molecule has 0 unspecified atom stereocenters. The number of benzene rings is 2. The fraction of sp³-hybridized carbons (Fsp3) is 0.350. The third-order valence-electron chi connectivity index (χ3n) is 4.00. The largest absolute Gasteiger partial charge is 0.340 e. The second kappa shape index (κ2) is 12.2. The van der Waals surface area contributed by atoms with Crippen LogP contribution in [-0.2, 0) is 0 Å². The van der Waals surface area contributed by atoms with Crippen molar-refractivity contribution in [3.8, 4) is 0 Å². The highest BCUT2D eigenvalue weighted by Crippen LogP contribution is 2.17. The maximum Gasteiger partial charge on any atom is 0.132 e. The molecule has 2 aromatic carbocycles. The second-order valence-corrected chi connectivity index (χ2v) is 6.63. The Morgan fingerprint density at radius 1 is 1.00 bits per heavy atom. The molecule has 0 heterocycles. The number of halogens is 3. The quantitative estimate of drug-likeness (QED) is 0.325. The molecule has 1 N–H and O–H groups in total. The molecule has 0 amide bonds. The number of nitrogens with one attached hydrogen (secondary N) is 1. The zero-order chi connectivity index (χ0) is 18.1. The molecule has 0 bridgehead atoms. The molecule has 0 radical (unpaired) electrons. The van der Waals surface area contributed by atoms with Gasteiger partial charge in [0.1, 0.15) is 5.84 Å². The molecule has 0 aliphatic rings. The molecule has 2 rings (SSSR count). The van der Waals surface area contributed by atoms with Gasteiger partial charge < -0.3 is 10.2 Å². The summed E-state index contributed by atoms with van der Waals surface area (Å²) in [4.78, 5) is 7.19. The highest BCUT2D eigenvalue weighted by molar-refractivity contribution is 6.31. The molecule has 3 nitrogen and oxygen atoms in total. The zero-order valence-corrected chi connectivity index (χ0v) is 17.5. The summed E-state index contributed by atoms with van der Waals surface area (Å²) in [6, 6.07) is 15.4. The van der Waals surface area contributed by atoms with Crippen LogP contribution in [0.1, 0.15) is 25.8 Å². The van der Waals surface area contributed by atoms with E-state index in [9.17, 15) is 0 Å². The van der Waals surface area contributed by atoms with Crippen molar-refractivity contribution >= 4 is 47.1 Å².